The molecule has 1 unspecified atom stereocenters. The van der Waals surface area contributed by atoms with Gasteiger partial charge in [0.2, 0.25) is 0 Å². The van der Waals surface area contributed by atoms with E-state index in [-0.39, 0.29) is 5.41 Å². The number of hydrogen-bond donors (Lipinski definition) is 2. The van der Waals surface area contributed by atoms with E-state index >= 15 is 0 Å². The minimum Gasteiger partial charge on any atom is -0.368 e. The smallest absolute Gasteiger partial charge is 0.169 e. The van der Waals surface area contributed by atoms with Crippen molar-refractivity contribution in [2.45, 2.75) is 23.6 Å². The van der Waals surface area contributed by atoms with Crippen molar-refractivity contribution in [2.24, 2.45) is 0 Å². The monoisotopic (exact) mass is 266 g/mol. The molecule has 1 spiro atoms. The quantitative estimate of drug-likeness (QED) is 0.799. The molecule has 0 aliphatic carbocycles. The van der Waals surface area contributed by atoms with E-state index in [0.29, 0.717) is 0 Å². The number of para-hydroxylation sites is 1. The summed E-state index contributed by atoms with van der Waals surface area (Å²) in [7, 11) is -3.12. The Morgan fingerprint density at radius 3 is 2.56 bits per heavy atom. The summed E-state index contributed by atoms with van der Waals surface area (Å²) in [6.07, 6.45) is 3.07. The molecule has 1 aromatic carbocycles. The molecule has 1 saturated heterocycles. The fourth-order valence-corrected chi connectivity index (χ4v) is 4.91. The van der Waals surface area contributed by atoms with E-state index in [1.165, 1.54) is 11.8 Å². The lowest BCUT2D eigenvalue weighted by Crippen LogP contribution is -2.50. The van der Waals surface area contributed by atoms with Crippen molar-refractivity contribution in [3.63, 3.8) is 0 Å². The zero-order valence-corrected chi connectivity index (χ0v) is 11.3. The van der Waals surface area contributed by atoms with E-state index in [4.69, 9.17) is 0 Å². The lowest BCUT2D eigenvalue weighted by Gasteiger charge is -2.38. The van der Waals surface area contributed by atoms with Crippen LogP contribution in [0.25, 0.3) is 0 Å². The number of hydrogen-bond acceptors (Lipinski definition) is 4. The van der Waals surface area contributed by atoms with Gasteiger partial charge in [-0.05, 0) is 37.6 Å². The van der Waals surface area contributed by atoms with Gasteiger partial charge in [-0.25, -0.2) is 8.42 Å². The lowest BCUT2D eigenvalue weighted by atomic mass is 9.74. The van der Waals surface area contributed by atoms with Gasteiger partial charge >= 0.3 is 0 Å². The van der Waals surface area contributed by atoms with Gasteiger partial charge in [0.25, 0.3) is 0 Å². The molecule has 2 N–H and O–H groups in total. The topological polar surface area (TPSA) is 58.2 Å². The number of benzene rings is 1. The molecule has 0 aromatic heterocycles. The summed E-state index contributed by atoms with van der Waals surface area (Å²) in [5, 5.41) is 6.05. The number of rotatable bonds is 1. The molecular formula is C13H18N2O2S. The van der Waals surface area contributed by atoms with Gasteiger partial charge in [-0.3, -0.25) is 0 Å². The Morgan fingerprint density at radius 2 is 1.89 bits per heavy atom. The van der Waals surface area contributed by atoms with Gasteiger partial charge in [0.05, 0.1) is 0 Å². The first kappa shape index (κ1) is 12.0. The van der Waals surface area contributed by atoms with Crippen LogP contribution in [-0.4, -0.2) is 33.1 Å². The maximum atomic E-state index is 12.1. The van der Waals surface area contributed by atoms with Crippen LogP contribution in [0.3, 0.4) is 0 Å². The summed E-state index contributed by atoms with van der Waals surface area (Å²) in [6, 6.07) is 7.99. The van der Waals surface area contributed by atoms with Crippen LogP contribution in [0.15, 0.2) is 24.3 Å². The number of nitrogens with one attached hydrogen (secondary N) is 2. The molecule has 1 aromatic rings. The zero-order chi connectivity index (χ0) is 12.8. The van der Waals surface area contributed by atoms with Crippen LogP contribution >= 0.6 is 0 Å². The van der Waals surface area contributed by atoms with Crippen molar-refractivity contribution in [3.8, 4) is 0 Å². The second kappa shape index (κ2) is 3.96. The molecule has 1 fully saturated rings. The Hall–Kier alpha value is -1.07. The van der Waals surface area contributed by atoms with Crippen molar-refractivity contribution >= 4 is 15.5 Å². The third-order valence-electron chi connectivity index (χ3n) is 4.18. The Kier molecular flexibility index (Phi) is 2.64. The Labute approximate surface area is 108 Å². The summed E-state index contributed by atoms with van der Waals surface area (Å²) in [6.45, 7) is 1.75. The highest BCUT2D eigenvalue weighted by Gasteiger charge is 2.51. The van der Waals surface area contributed by atoms with Gasteiger partial charge in [0.1, 0.15) is 5.37 Å². The van der Waals surface area contributed by atoms with E-state index in [9.17, 15) is 8.42 Å². The van der Waals surface area contributed by atoms with Crippen LogP contribution in [0, 0.1) is 0 Å². The second-order valence-corrected chi connectivity index (χ2v) is 7.44. The van der Waals surface area contributed by atoms with Crippen molar-refractivity contribution in [3.05, 3.63) is 29.8 Å². The average molecular weight is 266 g/mol. The minimum atomic E-state index is -3.12. The molecule has 2 aliphatic rings. The highest BCUT2D eigenvalue weighted by Crippen LogP contribution is 2.48. The van der Waals surface area contributed by atoms with E-state index in [2.05, 4.69) is 16.7 Å². The van der Waals surface area contributed by atoms with Crippen LogP contribution < -0.4 is 10.6 Å². The molecule has 0 bridgehead atoms. The van der Waals surface area contributed by atoms with Crippen LogP contribution in [0.5, 0.6) is 0 Å². The van der Waals surface area contributed by atoms with Gasteiger partial charge < -0.3 is 10.6 Å². The summed E-state index contributed by atoms with van der Waals surface area (Å²) in [5.41, 5.74) is 1.90. The summed E-state index contributed by atoms with van der Waals surface area (Å²) < 4.78 is 24.2. The van der Waals surface area contributed by atoms with Gasteiger partial charge in [0, 0.05) is 17.4 Å². The first-order valence-corrected chi connectivity index (χ1v) is 8.25. The standard InChI is InChI=1S/C13H18N2O2S/c1-18(16,17)12-13(6-8-14-9-7-13)10-4-2-3-5-11(10)15-12/h2-5,12,14-15H,6-9H2,1H3. The molecule has 18 heavy (non-hydrogen) atoms. The molecule has 2 heterocycles. The molecule has 5 heteroatoms. The van der Waals surface area contributed by atoms with Gasteiger partial charge in [-0.15, -0.1) is 0 Å². The highest BCUT2D eigenvalue weighted by atomic mass is 32.2. The third kappa shape index (κ3) is 1.65. The molecular weight excluding hydrogens is 248 g/mol. The largest absolute Gasteiger partial charge is 0.368 e. The molecule has 1 atom stereocenters. The summed E-state index contributed by atoms with van der Waals surface area (Å²) in [4.78, 5) is 0. The maximum Gasteiger partial charge on any atom is 0.169 e. The van der Waals surface area contributed by atoms with Crippen LogP contribution in [-0.2, 0) is 15.3 Å². The highest BCUT2D eigenvalue weighted by molar-refractivity contribution is 7.91. The molecule has 0 amide bonds. The number of piperidine rings is 1. The predicted molar refractivity (Wildman–Crippen MR) is 72.5 cm³/mol. The first-order chi connectivity index (χ1) is 8.54. The Balaban J connectivity index is 2.15. The second-order valence-electron chi connectivity index (χ2n) is 5.31. The fourth-order valence-electron chi connectivity index (χ4n) is 3.39. The maximum absolute atomic E-state index is 12.1. The Morgan fingerprint density at radius 1 is 1.22 bits per heavy atom. The molecule has 3 rings (SSSR count). The molecule has 0 radical (unpaired) electrons. The lowest BCUT2D eigenvalue weighted by molar-refractivity contribution is 0.315. The van der Waals surface area contributed by atoms with Gasteiger partial charge in [0.15, 0.2) is 9.84 Å². The number of anilines is 1. The molecule has 2 aliphatic heterocycles. The number of fused-ring (bicyclic) bond motifs is 2. The van der Waals surface area contributed by atoms with Crippen molar-refractivity contribution in [1.29, 1.82) is 0 Å². The minimum absolute atomic E-state index is 0.255. The first-order valence-electron chi connectivity index (χ1n) is 6.30. The SMILES string of the molecule is CS(=O)(=O)C1Nc2ccccc2C12CCNCC2. The molecule has 98 valence electrons. The van der Waals surface area contributed by atoms with Crippen molar-refractivity contribution < 1.29 is 8.42 Å². The van der Waals surface area contributed by atoms with Gasteiger partial charge in [-0.2, -0.15) is 0 Å². The Bertz CT molecular complexity index is 562. The van der Waals surface area contributed by atoms with E-state index < -0.39 is 15.2 Å². The zero-order valence-electron chi connectivity index (χ0n) is 10.4. The normalized spacial score (nSPS) is 25.7. The van der Waals surface area contributed by atoms with Crippen LogP contribution in [0.4, 0.5) is 5.69 Å². The van der Waals surface area contributed by atoms with Crippen molar-refractivity contribution in [2.75, 3.05) is 24.7 Å². The fraction of sp³-hybridized carbons (Fsp3) is 0.538. The van der Waals surface area contributed by atoms with E-state index in [0.717, 1.165) is 31.6 Å². The van der Waals surface area contributed by atoms with Crippen LogP contribution in [0.2, 0.25) is 0 Å². The molecule has 4 nitrogen and oxygen atoms in total. The van der Waals surface area contributed by atoms with Crippen molar-refractivity contribution in [1.82, 2.24) is 5.32 Å². The summed E-state index contributed by atoms with van der Waals surface area (Å²) >= 11 is 0. The predicted octanol–water partition coefficient (Wildman–Crippen LogP) is 1.10. The van der Waals surface area contributed by atoms with Crippen LogP contribution in [0.1, 0.15) is 18.4 Å². The number of sulfone groups is 1. The van der Waals surface area contributed by atoms with E-state index in [1.807, 2.05) is 18.2 Å². The van der Waals surface area contributed by atoms with E-state index in [1.54, 1.807) is 0 Å². The molecule has 0 saturated carbocycles. The average Bonchev–Trinajstić information content (AvgIpc) is 2.66. The third-order valence-corrected chi connectivity index (χ3v) is 5.60. The summed E-state index contributed by atoms with van der Waals surface area (Å²) in [5.74, 6) is 0. The van der Waals surface area contributed by atoms with Gasteiger partial charge in [-0.1, -0.05) is 18.2 Å².